The summed E-state index contributed by atoms with van der Waals surface area (Å²) >= 11 is 0. The lowest BCUT2D eigenvalue weighted by molar-refractivity contribution is 0.296. The number of benzene rings is 1. The van der Waals surface area contributed by atoms with Gasteiger partial charge in [0.25, 0.3) is 0 Å². The lowest BCUT2D eigenvalue weighted by Gasteiger charge is -2.28. The predicted molar refractivity (Wildman–Crippen MR) is 71.8 cm³/mol. The molecule has 1 fully saturated rings. The number of piperidine rings is 1. The second kappa shape index (κ2) is 4.61. The van der Waals surface area contributed by atoms with Crippen LogP contribution in [0.3, 0.4) is 0 Å². The highest BCUT2D eigenvalue weighted by atomic mass is 16.5. The fraction of sp³-hybridized carbons (Fsp3) is 0.500. The zero-order valence-corrected chi connectivity index (χ0v) is 10.9. The van der Waals surface area contributed by atoms with Crippen LogP contribution in [0, 0.1) is 5.92 Å². The molecule has 1 aliphatic heterocycles. The van der Waals surface area contributed by atoms with Crippen LogP contribution in [0.4, 0.5) is 0 Å². The molecule has 2 atom stereocenters. The fourth-order valence-corrected chi connectivity index (χ4v) is 2.70. The normalized spacial score (nSPS) is 24.3. The summed E-state index contributed by atoms with van der Waals surface area (Å²) in [4.78, 5) is 8.11. The lowest BCUT2D eigenvalue weighted by Crippen LogP contribution is -2.33. The number of nitrogens with zero attached hydrogens (tertiary/aromatic N) is 1. The first kappa shape index (κ1) is 11.5. The summed E-state index contributed by atoms with van der Waals surface area (Å²) in [5, 5.41) is 3.55. The molecular weight excluding hydrogens is 226 g/mol. The molecule has 2 heterocycles. The van der Waals surface area contributed by atoms with Gasteiger partial charge < -0.3 is 15.0 Å². The third-order valence-electron chi connectivity index (χ3n) is 3.77. The van der Waals surface area contributed by atoms with Gasteiger partial charge in [-0.15, -0.1) is 0 Å². The minimum atomic E-state index is 0.345. The number of fused-ring (bicyclic) bond motifs is 1. The van der Waals surface area contributed by atoms with Gasteiger partial charge in [-0.3, -0.25) is 0 Å². The van der Waals surface area contributed by atoms with Crippen LogP contribution in [0.1, 0.15) is 31.6 Å². The molecule has 2 unspecified atom stereocenters. The van der Waals surface area contributed by atoms with E-state index in [-0.39, 0.29) is 0 Å². The highest BCUT2D eigenvalue weighted by Crippen LogP contribution is 2.29. The highest BCUT2D eigenvalue weighted by molar-refractivity contribution is 5.76. The Balaban J connectivity index is 1.97. The molecule has 0 bridgehead atoms. The Morgan fingerprint density at radius 1 is 1.39 bits per heavy atom. The van der Waals surface area contributed by atoms with Crippen molar-refractivity contribution in [3.63, 3.8) is 0 Å². The lowest BCUT2D eigenvalue weighted by atomic mass is 9.92. The predicted octanol–water partition coefficient (Wildman–Crippen LogP) is 2.63. The summed E-state index contributed by atoms with van der Waals surface area (Å²) in [7, 11) is 1.68. The second-order valence-corrected chi connectivity index (χ2v) is 5.06. The van der Waals surface area contributed by atoms with E-state index in [9.17, 15) is 0 Å². The molecule has 4 nitrogen and oxygen atoms in total. The topological polar surface area (TPSA) is 49.9 Å². The van der Waals surface area contributed by atoms with Crippen LogP contribution < -0.4 is 10.1 Å². The number of aromatic nitrogens is 2. The molecule has 0 spiro atoms. The Bertz CT molecular complexity index is 549. The Morgan fingerprint density at radius 2 is 2.28 bits per heavy atom. The Morgan fingerprint density at radius 3 is 3.06 bits per heavy atom. The number of nitrogens with one attached hydrogen (secondary N) is 2. The zero-order valence-electron chi connectivity index (χ0n) is 10.9. The van der Waals surface area contributed by atoms with E-state index in [0.717, 1.165) is 29.2 Å². The maximum absolute atomic E-state index is 5.23. The molecule has 3 rings (SSSR count). The molecule has 0 radical (unpaired) electrons. The summed E-state index contributed by atoms with van der Waals surface area (Å²) in [6, 6.07) is 6.29. The van der Waals surface area contributed by atoms with Gasteiger partial charge in [0.2, 0.25) is 0 Å². The number of hydrogen-bond donors (Lipinski definition) is 2. The van der Waals surface area contributed by atoms with Gasteiger partial charge >= 0.3 is 0 Å². The maximum Gasteiger partial charge on any atom is 0.124 e. The fourth-order valence-electron chi connectivity index (χ4n) is 2.70. The van der Waals surface area contributed by atoms with Gasteiger partial charge in [0, 0.05) is 6.07 Å². The van der Waals surface area contributed by atoms with Crippen LogP contribution in [-0.4, -0.2) is 23.6 Å². The molecule has 18 heavy (non-hydrogen) atoms. The van der Waals surface area contributed by atoms with E-state index in [1.54, 1.807) is 7.11 Å². The average molecular weight is 245 g/mol. The molecule has 1 aromatic carbocycles. The molecule has 1 aromatic heterocycles. The largest absolute Gasteiger partial charge is 0.497 e. The Kier molecular flexibility index (Phi) is 2.96. The molecule has 4 heteroatoms. The van der Waals surface area contributed by atoms with Crippen LogP contribution in [0.2, 0.25) is 0 Å². The van der Waals surface area contributed by atoms with Gasteiger partial charge in [-0.05, 0) is 37.4 Å². The highest BCUT2D eigenvalue weighted by Gasteiger charge is 2.24. The summed E-state index contributed by atoms with van der Waals surface area (Å²) in [6.45, 7) is 3.36. The molecule has 1 aliphatic rings. The molecule has 0 amide bonds. The van der Waals surface area contributed by atoms with E-state index in [4.69, 9.17) is 4.74 Å². The van der Waals surface area contributed by atoms with Crippen molar-refractivity contribution < 1.29 is 4.74 Å². The first-order valence-corrected chi connectivity index (χ1v) is 6.55. The second-order valence-electron chi connectivity index (χ2n) is 5.06. The van der Waals surface area contributed by atoms with Crippen LogP contribution in [0.25, 0.3) is 11.0 Å². The molecule has 2 aromatic rings. The Labute approximate surface area is 107 Å². The van der Waals surface area contributed by atoms with E-state index in [0.29, 0.717) is 12.0 Å². The number of hydrogen-bond acceptors (Lipinski definition) is 3. The molecule has 0 saturated carbocycles. The summed E-state index contributed by atoms with van der Waals surface area (Å²) in [6.07, 6.45) is 2.52. The smallest absolute Gasteiger partial charge is 0.124 e. The van der Waals surface area contributed by atoms with Crippen molar-refractivity contribution in [1.82, 2.24) is 15.3 Å². The van der Waals surface area contributed by atoms with Crippen molar-refractivity contribution in [1.29, 1.82) is 0 Å². The van der Waals surface area contributed by atoms with Crippen molar-refractivity contribution in [3.05, 3.63) is 24.0 Å². The van der Waals surface area contributed by atoms with E-state index < -0.39 is 0 Å². The third kappa shape index (κ3) is 1.97. The van der Waals surface area contributed by atoms with Crippen LogP contribution >= 0.6 is 0 Å². The minimum Gasteiger partial charge on any atom is -0.497 e. The van der Waals surface area contributed by atoms with Gasteiger partial charge in [0.15, 0.2) is 0 Å². The molecular formula is C14H19N3O. The van der Waals surface area contributed by atoms with Gasteiger partial charge in [-0.25, -0.2) is 4.98 Å². The maximum atomic E-state index is 5.23. The number of H-pyrrole nitrogens is 1. The van der Waals surface area contributed by atoms with Crippen molar-refractivity contribution in [2.45, 2.75) is 25.8 Å². The number of imidazole rings is 1. The summed E-state index contributed by atoms with van der Waals surface area (Å²) in [5.41, 5.74) is 2.05. The van der Waals surface area contributed by atoms with E-state index >= 15 is 0 Å². The molecule has 2 N–H and O–H groups in total. The Hall–Kier alpha value is -1.55. The van der Waals surface area contributed by atoms with Crippen molar-refractivity contribution in [2.24, 2.45) is 5.92 Å². The number of ether oxygens (including phenoxy) is 1. The first-order chi connectivity index (χ1) is 8.78. The average Bonchev–Trinajstić information content (AvgIpc) is 2.81. The van der Waals surface area contributed by atoms with E-state index in [2.05, 4.69) is 22.2 Å². The van der Waals surface area contributed by atoms with Crippen LogP contribution in [0.15, 0.2) is 18.2 Å². The van der Waals surface area contributed by atoms with E-state index in [1.807, 2.05) is 18.2 Å². The van der Waals surface area contributed by atoms with Gasteiger partial charge in [-0.1, -0.05) is 6.92 Å². The number of methoxy groups -OCH3 is 1. The van der Waals surface area contributed by atoms with Crippen LogP contribution in [-0.2, 0) is 0 Å². The van der Waals surface area contributed by atoms with Crippen molar-refractivity contribution in [3.8, 4) is 5.75 Å². The number of aromatic amines is 1. The zero-order chi connectivity index (χ0) is 12.5. The quantitative estimate of drug-likeness (QED) is 0.855. The van der Waals surface area contributed by atoms with Crippen molar-refractivity contribution in [2.75, 3.05) is 13.7 Å². The van der Waals surface area contributed by atoms with Gasteiger partial charge in [-0.2, -0.15) is 0 Å². The first-order valence-electron chi connectivity index (χ1n) is 6.55. The SMILES string of the molecule is COc1ccc2nc(C3NCCCC3C)[nH]c2c1. The molecule has 0 aliphatic carbocycles. The van der Waals surface area contributed by atoms with Gasteiger partial charge in [0.1, 0.15) is 11.6 Å². The monoisotopic (exact) mass is 245 g/mol. The molecule has 1 saturated heterocycles. The van der Waals surface area contributed by atoms with Gasteiger partial charge in [0.05, 0.1) is 24.2 Å². The minimum absolute atomic E-state index is 0.345. The molecule has 96 valence electrons. The van der Waals surface area contributed by atoms with Crippen LogP contribution in [0.5, 0.6) is 5.75 Å². The third-order valence-corrected chi connectivity index (χ3v) is 3.77. The summed E-state index contributed by atoms with van der Waals surface area (Å²) in [5.74, 6) is 2.54. The van der Waals surface area contributed by atoms with Crippen molar-refractivity contribution >= 4 is 11.0 Å². The van der Waals surface area contributed by atoms with E-state index in [1.165, 1.54) is 12.8 Å². The summed E-state index contributed by atoms with van der Waals surface area (Å²) < 4.78 is 5.23. The number of rotatable bonds is 2. The standard InChI is InChI=1S/C14H19N3O/c1-9-4-3-7-15-13(9)14-16-11-6-5-10(18-2)8-12(11)17-14/h5-6,8-9,13,15H,3-4,7H2,1-2H3,(H,16,17).